The second-order valence-corrected chi connectivity index (χ2v) is 8.10. The summed E-state index contributed by atoms with van der Waals surface area (Å²) in [5.41, 5.74) is 5.92. The Kier molecular flexibility index (Phi) is 11.4. The largest absolute Gasteiger partial charge is 2.00 e. The van der Waals surface area contributed by atoms with Crippen LogP contribution in [-0.2, 0) is 17.1 Å². The van der Waals surface area contributed by atoms with Crippen molar-refractivity contribution in [1.29, 1.82) is 0 Å². The molecule has 0 spiro atoms. The van der Waals surface area contributed by atoms with Crippen molar-refractivity contribution in [2.75, 3.05) is 27.2 Å². The van der Waals surface area contributed by atoms with E-state index in [0.717, 1.165) is 36.4 Å². The van der Waals surface area contributed by atoms with Crippen LogP contribution in [0.3, 0.4) is 0 Å². The van der Waals surface area contributed by atoms with Gasteiger partial charge in [-0.2, -0.15) is 30.3 Å². The average molecular weight is 495 g/mol. The van der Waals surface area contributed by atoms with E-state index in [1.54, 1.807) is 12.1 Å². The number of aromatic hydroxyl groups is 1. The molecule has 1 N–H and O–H groups in total. The Labute approximate surface area is 213 Å². The van der Waals surface area contributed by atoms with Crippen molar-refractivity contribution in [1.82, 2.24) is 4.90 Å². The van der Waals surface area contributed by atoms with Gasteiger partial charge in [-0.15, -0.1) is 24.3 Å². The normalized spacial score (nSPS) is 11.2. The number of ether oxygens (including phenoxy) is 1. The van der Waals surface area contributed by atoms with E-state index in [9.17, 15) is 4.79 Å². The van der Waals surface area contributed by atoms with Gasteiger partial charge in [0.25, 0.3) is 0 Å². The second kappa shape index (κ2) is 14.3. The molecule has 0 radical (unpaired) electrons. The maximum absolute atomic E-state index is 11.6. The van der Waals surface area contributed by atoms with Crippen LogP contribution in [0.25, 0.3) is 11.1 Å². The van der Waals surface area contributed by atoms with Crippen LogP contribution < -0.4 is 5.43 Å². The molecule has 0 saturated carbocycles. The summed E-state index contributed by atoms with van der Waals surface area (Å²) in [5.74, 6) is 0.992. The summed E-state index contributed by atoms with van der Waals surface area (Å²) in [5, 5.41) is 0. The van der Waals surface area contributed by atoms with Crippen LogP contribution >= 0.6 is 0 Å². The fourth-order valence-corrected chi connectivity index (χ4v) is 3.67. The predicted molar refractivity (Wildman–Crippen MR) is 140 cm³/mol. The van der Waals surface area contributed by atoms with Gasteiger partial charge in [0.15, 0.2) is 6.61 Å². The van der Waals surface area contributed by atoms with E-state index in [1.807, 2.05) is 42.5 Å². The molecule has 34 heavy (non-hydrogen) atoms. The maximum atomic E-state index is 11.6. The summed E-state index contributed by atoms with van der Waals surface area (Å²) in [4.78, 5) is 13.7. The molecule has 4 aromatic carbocycles. The number of rotatable bonds is 8. The summed E-state index contributed by atoms with van der Waals surface area (Å²) in [6, 6.07) is 34.0. The van der Waals surface area contributed by atoms with Crippen molar-refractivity contribution in [3.8, 4) is 5.75 Å². The molecular weight excluding hydrogens is 462 g/mol. The molecule has 0 aromatic heterocycles. The Bertz CT molecular complexity index is 1110. The number of likely N-dealkylation sites (N-methyl/N-ethyl adjacent to an activating group) is 1. The molecule has 0 aliphatic carbocycles. The summed E-state index contributed by atoms with van der Waals surface area (Å²) in [6.07, 6.45) is 0.910. The van der Waals surface area contributed by atoms with Crippen molar-refractivity contribution >= 4 is 11.1 Å². The average Bonchev–Trinajstić information content (AvgIpc) is 3.56. The molecule has 0 amide bonds. The molecule has 0 aliphatic rings. The summed E-state index contributed by atoms with van der Waals surface area (Å²) in [6.45, 7) is 3.90. The number of benzene rings is 2. The predicted octanol–water partition coefficient (Wildman–Crippen LogP) is 6.06. The fourth-order valence-electron chi connectivity index (χ4n) is 3.67. The zero-order chi connectivity index (χ0) is 23.5. The van der Waals surface area contributed by atoms with E-state index in [0.29, 0.717) is 0 Å². The molecular formula is C30H33FeNO2. The second-order valence-electron chi connectivity index (χ2n) is 8.10. The van der Waals surface area contributed by atoms with E-state index < -0.39 is 0 Å². The first kappa shape index (κ1) is 27.2. The smallest absolute Gasteiger partial charge is 0.623 e. The summed E-state index contributed by atoms with van der Waals surface area (Å²) in [7, 11) is 4.11. The van der Waals surface area contributed by atoms with Crippen LogP contribution in [0.5, 0.6) is 5.75 Å². The van der Waals surface area contributed by atoms with Gasteiger partial charge in [-0.1, -0.05) is 47.9 Å². The zero-order valence-corrected chi connectivity index (χ0v) is 21.2. The molecule has 0 aliphatic heterocycles. The quantitative estimate of drug-likeness (QED) is 0.169. The fraction of sp³-hybridized carbons (Fsp3) is 0.200. The molecule has 4 heteroatoms. The third kappa shape index (κ3) is 8.07. The van der Waals surface area contributed by atoms with Gasteiger partial charge in [0, 0.05) is 0 Å². The van der Waals surface area contributed by atoms with Crippen molar-refractivity contribution in [2.45, 2.75) is 13.3 Å². The van der Waals surface area contributed by atoms with Gasteiger partial charge in [0.05, 0.1) is 12.0 Å². The Morgan fingerprint density at radius 1 is 1.03 bits per heavy atom. The van der Waals surface area contributed by atoms with Gasteiger partial charge in [-0.25, -0.2) is 12.1 Å². The first-order valence-electron chi connectivity index (χ1n) is 11.4. The van der Waals surface area contributed by atoms with Crippen molar-refractivity contribution < 1.29 is 21.8 Å². The van der Waals surface area contributed by atoms with Gasteiger partial charge in [-0.05, 0) is 43.8 Å². The number of nitrogens with zero attached hydrogens (tertiary/aromatic N) is 1. The van der Waals surface area contributed by atoms with Gasteiger partial charge >= 0.3 is 17.1 Å². The number of aliphatic hydroxyl groups is 1. The molecule has 178 valence electrons. The monoisotopic (exact) mass is 495 g/mol. The Balaban J connectivity index is 0.000000603. The minimum atomic E-state index is 0. The zero-order valence-electron chi connectivity index (χ0n) is 20.1. The molecule has 0 atom stereocenters. The van der Waals surface area contributed by atoms with Gasteiger partial charge in [0.2, 0.25) is 5.75 Å². The molecule has 0 bridgehead atoms. The van der Waals surface area contributed by atoms with E-state index in [-0.39, 0.29) is 22.5 Å². The third-order valence-electron chi connectivity index (χ3n) is 5.36. The van der Waals surface area contributed by atoms with Crippen LogP contribution in [0.1, 0.15) is 30.0 Å². The van der Waals surface area contributed by atoms with Crippen LogP contribution in [0.4, 0.5) is 0 Å². The first-order chi connectivity index (χ1) is 16.1. The topological polar surface area (TPSA) is 33.1 Å². The van der Waals surface area contributed by atoms with Gasteiger partial charge in [0.1, 0.15) is 0 Å². The van der Waals surface area contributed by atoms with Crippen LogP contribution in [0.2, 0.25) is 0 Å². The van der Waals surface area contributed by atoms with Crippen molar-refractivity contribution in [3.05, 3.63) is 130 Å². The minimum absolute atomic E-state index is 0. The third-order valence-corrected chi connectivity index (χ3v) is 5.36. The van der Waals surface area contributed by atoms with Gasteiger partial charge in [-0.3, -0.25) is 0 Å². The Morgan fingerprint density at radius 3 is 2.21 bits per heavy atom. The first-order valence-corrected chi connectivity index (χ1v) is 11.4. The number of hydrogen-bond donors (Lipinski definition) is 0. The molecule has 3 nitrogen and oxygen atoms in total. The van der Waals surface area contributed by atoms with Crippen LogP contribution in [0, 0.1) is 0 Å². The van der Waals surface area contributed by atoms with E-state index in [4.69, 9.17) is 0 Å². The van der Waals surface area contributed by atoms with Crippen molar-refractivity contribution in [3.63, 3.8) is 0 Å². The Hall–Kier alpha value is -3.04. The van der Waals surface area contributed by atoms with E-state index in [2.05, 4.69) is 79.2 Å². The molecule has 0 fully saturated rings. The molecule has 4 aromatic rings. The summed E-state index contributed by atoms with van der Waals surface area (Å²) < 4.78 is 4.65. The molecule has 4 rings (SSSR count). The molecule has 0 saturated heterocycles. The van der Waals surface area contributed by atoms with Crippen LogP contribution in [0.15, 0.2) is 108 Å². The summed E-state index contributed by atoms with van der Waals surface area (Å²) >= 11 is 0. The minimum Gasteiger partial charge on any atom is -0.623 e. The number of allylic oxidation sites excluding steroid dienone is 1. The SMILES string of the molecule is CC/C(=C(/c1ccc(=O)[cH-]c1)[c+]1cc[c-]([OH+]CCN(C)C)cc1)[c-]1cccc1.[Fe+2].c1cc[cH-]c1. The maximum Gasteiger partial charge on any atom is 2.00 e. The molecule has 0 heterocycles. The molecule has 0 unspecified atom stereocenters. The van der Waals surface area contributed by atoms with Gasteiger partial charge < -0.3 is 14.4 Å². The Morgan fingerprint density at radius 2 is 1.71 bits per heavy atom. The number of hydrogen-bond acceptors (Lipinski definition) is 2. The standard InChI is InChI=1S/C25H28NO2.C5H5.Fe/c1-4-24(19-7-5-6-8-19)25(20-9-13-22(27)14-10-20)21-11-15-23(16-12-21)28-18-17-26(2)3;1-2-4-5-3-1;/h5-16,28H,4,17-18H2,1-3H3;1-5H;/q2*-1;+2/b25-24+;;. The van der Waals surface area contributed by atoms with E-state index in [1.165, 1.54) is 16.7 Å². The van der Waals surface area contributed by atoms with Crippen LogP contribution in [-0.4, -0.2) is 36.9 Å². The van der Waals surface area contributed by atoms with Crippen molar-refractivity contribution in [2.24, 2.45) is 0 Å². The van der Waals surface area contributed by atoms with E-state index >= 15 is 0 Å².